The van der Waals surface area contributed by atoms with Gasteiger partial charge in [-0.1, -0.05) is 11.6 Å². The van der Waals surface area contributed by atoms with Crippen molar-refractivity contribution < 1.29 is 0 Å². The van der Waals surface area contributed by atoms with Crippen LogP contribution in [0.15, 0.2) is 11.6 Å². The Morgan fingerprint density at radius 1 is 1.56 bits per heavy atom. The Morgan fingerprint density at radius 2 is 2.56 bits per heavy atom. The minimum Gasteiger partial charge on any atom is -0.308 e. The minimum absolute atomic E-state index is 0.860. The van der Waals surface area contributed by atoms with Crippen LogP contribution in [0.4, 0.5) is 0 Å². The van der Waals surface area contributed by atoms with Crippen LogP contribution >= 0.6 is 0 Å². The Bertz CT molecular complexity index is 138. The van der Waals surface area contributed by atoms with E-state index >= 15 is 0 Å². The van der Waals surface area contributed by atoms with Gasteiger partial charge in [-0.05, 0) is 25.2 Å². The van der Waals surface area contributed by atoms with Gasteiger partial charge in [-0.25, -0.2) is 0 Å². The molecule has 0 aromatic heterocycles. The Labute approximate surface area is 56.1 Å². The zero-order chi connectivity index (χ0) is 6.10. The molecule has 1 radical (unpaired) electrons. The first kappa shape index (κ1) is 5.48. The van der Waals surface area contributed by atoms with Gasteiger partial charge in [0.2, 0.25) is 0 Å². The van der Waals surface area contributed by atoms with E-state index in [9.17, 15) is 0 Å². The zero-order valence-corrected chi connectivity index (χ0v) is 5.56. The summed E-state index contributed by atoms with van der Waals surface area (Å²) in [6.45, 7) is 3.36. The minimum atomic E-state index is 0.860. The average Bonchev–Trinajstić information content (AvgIpc) is 2.33. The van der Waals surface area contributed by atoms with E-state index in [1.54, 1.807) is 5.57 Å². The van der Waals surface area contributed by atoms with Crippen LogP contribution < -0.4 is 5.32 Å². The van der Waals surface area contributed by atoms with E-state index in [0.717, 1.165) is 5.92 Å². The largest absolute Gasteiger partial charge is 0.308 e. The summed E-state index contributed by atoms with van der Waals surface area (Å²) in [6.07, 6.45) is 6.46. The quantitative estimate of drug-likeness (QED) is 0.513. The van der Waals surface area contributed by atoms with Crippen molar-refractivity contribution in [2.45, 2.75) is 19.3 Å². The van der Waals surface area contributed by atoms with E-state index in [-0.39, 0.29) is 0 Å². The molecule has 1 aliphatic heterocycles. The average molecular weight is 122 g/mol. The zero-order valence-electron chi connectivity index (χ0n) is 5.56. The van der Waals surface area contributed by atoms with E-state index in [0.29, 0.717) is 0 Å². The normalized spacial score (nSPS) is 33.8. The molecule has 0 amide bonds. The van der Waals surface area contributed by atoms with Gasteiger partial charge in [0.05, 0.1) is 0 Å². The lowest BCUT2D eigenvalue weighted by Crippen LogP contribution is -2.08. The predicted molar refractivity (Wildman–Crippen MR) is 37.7 cm³/mol. The lowest BCUT2D eigenvalue weighted by molar-refractivity contribution is 0.546. The molecule has 0 aromatic carbocycles. The molecular formula is C8H12N. The molecule has 1 aliphatic carbocycles. The number of allylic oxidation sites excluding steroid dienone is 1. The summed E-state index contributed by atoms with van der Waals surface area (Å²) < 4.78 is 0. The van der Waals surface area contributed by atoms with Crippen LogP contribution in [0.5, 0.6) is 0 Å². The Kier molecular flexibility index (Phi) is 1.31. The Morgan fingerprint density at radius 3 is 3.44 bits per heavy atom. The summed E-state index contributed by atoms with van der Waals surface area (Å²) in [7, 11) is 0. The molecule has 2 aliphatic rings. The summed E-state index contributed by atoms with van der Waals surface area (Å²) in [4.78, 5) is 0. The molecule has 1 nitrogen and oxygen atoms in total. The third-order valence-corrected chi connectivity index (χ3v) is 2.24. The molecule has 49 valence electrons. The first-order valence-electron chi connectivity index (χ1n) is 3.73. The summed E-state index contributed by atoms with van der Waals surface area (Å²) in [5, 5.41) is 3.27. The van der Waals surface area contributed by atoms with Crippen molar-refractivity contribution in [2.75, 3.05) is 6.54 Å². The van der Waals surface area contributed by atoms with Gasteiger partial charge in [-0.3, -0.25) is 0 Å². The van der Waals surface area contributed by atoms with Crippen molar-refractivity contribution in [3.05, 3.63) is 18.2 Å². The highest BCUT2D eigenvalue weighted by Crippen LogP contribution is 2.28. The monoisotopic (exact) mass is 122 g/mol. The molecule has 9 heavy (non-hydrogen) atoms. The van der Waals surface area contributed by atoms with Gasteiger partial charge in [-0.15, -0.1) is 0 Å². The number of hydrogen-bond donors (Lipinski definition) is 1. The molecule has 1 saturated heterocycles. The first-order valence-corrected chi connectivity index (χ1v) is 3.73. The highest BCUT2D eigenvalue weighted by Gasteiger charge is 2.21. The maximum atomic E-state index is 3.27. The topological polar surface area (TPSA) is 12.0 Å². The van der Waals surface area contributed by atoms with Crippen LogP contribution in [-0.4, -0.2) is 6.54 Å². The number of hydrogen-bond acceptors (Lipinski definition) is 1. The molecule has 0 aromatic rings. The third-order valence-electron chi connectivity index (χ3n) is 2.24. The van der Waals surface area contributed by atoms with Crippen LogP contribution in [0, 0.1) is 12.5 Å². The van der Waals surface area contributed by atoms with Crippen molar-refractivity contribution in [3.63, 3.8) is 0 Å². The maximum Gasteiger partial charge on any atom is 0.0477 e. The molecule has 0 bridgehead atoms. The molecule has 0 saturated carbocycles. The standard InChI is InChI=1S/C8H12N/c1-2-4-8-6-9-5-7(8)3-1/h3,5,8-9H,1-2,4,6H2/t8-/m1/s1. The SMILES string of the molecule is [CH]1NC[C@H]2CCCC=C12. The molecule has 0 spiro atoms. The van der Waals surface area contributed by atoms with Crippen molar-refractivity contribution >= 4 is 0 Å². The molecular weight excluding hydrogens is 110 g/mol. The van der Waals surface area contributed by atoms with Gasteiger partial charge in [0.1, 0.15) is 0 Å². The van der Waals surface area contributed by atoms with Gasteiger partial charge in [0, 0.05) is 13.1 Å². The van der Waals surface area contributed by atoms with Crippen molar-refractivity contribution in [1.29, 1.82) is 0 Å². The molecule has 1 heteroatoms. The molecule has 1 atom stereocenters. The second-order valence-corrected chi connectivity index (χ2v) is 2.88. The number of fused-ring (bicyclic) bond motifs is 1. The van der Waals surface area contributed by atoms with Gasteiger partial charge in [0.25, 0.3) is 0 Å². The smallest absolute Gasteiger partial charge is 0.0477 e. The second-order valence-electron chi connectivity index (χ2n) is 2.88. The predicted octanol–water partition coefficient (Wildman–Crippen LogP) is 1.48. The van der Waals surface area contributed by atoms with Gasteiger partial charge >= 0.3 is 0 Å². The molecule has 1 fully saturated rings. The lowest BCUT2D eigenvalue weighted by atomic mass is 9.91. The van der Waals surface area contributed by atoms with Crippen LogP contribution in [0.1, 0.15) is 19.3 Å². The fourth-order valence-electron chi connectivity index (χ4n) is 1.68. The molecule has 0 unspecified atom stereocenters. The molecule has 1 N–H and O–H groups in total. The number of nitrogens with one attached hydrogen (secondary N) is 1. The van der Waals surface area contributed by atoms with E-state index in [4.69, 9.17) is 0 Å². The van der Waals surface area contributed by atoms with Crippen LogP contribution in [0.25, 0.3) is 0 Å². The summed E-state index contributed by atoms with van der Waals surface area (Å²) in [6, 6.07) is 0. The van der Waals surface area contributed by atoms with Crippen LogP contribution in [0.2, 0.25) is 0 Å². The summed E-state index contributed by atoms with van der Waals surface area (Å²) in [5.41, 5.74) is 1.56. The van der Waals surface area contributed by atoms with E-state index in [1.165, 1.54) is 25.8 Å². The fraction of sp³-hybridized carbons (Fsp3) is 0.625. The van der Waals surface area contributed by atoms with Crippen molar-refractivity contribution in [2.24, 2.45) is 5.92 Å². The van der Waals surface area contributed by atoms with E-state index in [2.05, 4.69) is 17.9 Å². The first-order chi connectivity index (χ1) is 4.47. The second kappa shape index (κ2) is 2.14. The van der Waals surface area contributed by atoms with Crippen molar-refractivity contribution in [3.8, 4) is 0 Å². The van der Waals surface area contributed by atoms with E-state index in [1.807, 2.05) is 0 Å². The highest BCUT2D eigenvalue weighted by molar-refractivity contribution is 5.22. The summed E-state index contributed by atoms with van der Waals surface area (Å²) in [5.74, 6) is 0.860. The number of rotatable bonds is 0. The van der Waals surface area contributed by atoms with Crippen LogP contribution in [-0.2, 0) is 0 Å². The van der Waals surface area contributed by atoms with Crippen LogP contribution in [0.3, 0.4) is 0 Å². The summed E-state index contributed by atoms with van der Waals surface area (Å²) >= 11 is 0. The van der Waals surface area contributed by atoms with E-state index < -0.39 is 0 Å². The fourth-order valence-corrected chi connectivity index (χ4v) is 1.68. The van der Waals surface area contributed by atoms with Gasteiger partial charge in [-0.2, -0.15) is 0 Å². The lowest BCUT2D eigenvalue weighted by Gasteiger charge is -2.14. The Hall–Kier alpha value is -0.300. The third kappa shape index (κ3) is 0.897. The maximum absolute atomic E-state index is 3.27. The van der Waals surface area contributed by atoms with Gasteiger partial charge in [0.15, 0.2) is 0 Å². The van der Waals surface area contributed by atoms with Crippen molar-refractivity contribution in [1.82, 2.24) is 5.32 Å². The van der Waals surface area contributed by atoms with Gasteiger partial charge < -0.3 is 5.32 Å². The Balaban J connectivity index is 2.16. The molecule has 2 rings (SSSR count). The highest BCUT2D eigenvalue weighted by atomic mass is 14.9. The molecule has 1 heterocycles.